The topological polar surface area (TPSA) is 55.8 Å². The van der Waals surface area contributed by atoms with Crippen molar-refractivity contribution < 1.29 is 19.1 Å². The van der Waals surface area contributed by atoms with Crippen LogP contribution in [0.3, 0.4) is 0 Å². The number of amides is 1. The zero-order valence-electron chi connectivity index (χ0n) is 11.9. The molecule has 1 fully saturated rings. The van der Waals surface area contributed by atoms with E-state index in [0.717, 1.165) is 0 Å². The van der Waals surface area contributed by atoms with E-state index in [1.165, 1.54) is 0 Å². The Morgan fingerprint density at radius 2 is 2.00 bits per heavy atom. The van der Waals surface area contributed by atoms with Gasteiger partial charge < -0.3 is 14.4 Å². The van der Waals surface area contributed by atoms with Gasteiger partial charge in [-0.1, -0.05) is 11.6 Å². The zero-order chi connectivity index (χ0) is 14.6. The predicted octanol–water partition coefficient (Wildman–Crippen LogP) is 2.76. The summed E-state index contributed by atoms with van der Waals surface area (Å²) >= 11 is 5.38. The van der Waals surface area contributed by atoms with Gasteiger partial charge in [0.25, 0.3) is 0 Å². The van der Waals surface area contributed by atoms with Crippen molar-refractivity contribution in [2.75, 3.05) is 12.6 Å². The van der Waals surface area contributed by atoms with Gasteiger partial charge in [-0.05, 0) is 40.5 Å². The van der Waals surface area contributed by atoms with Crippen LogP contribution in [0.2, 0.25) is 0 Å². The van der Waals surface area contributed by atoms with Crippen LogP contribution in [0.5, 0.6) is 0 Å². The number of ether oxygens (including phenoxy) is 2. The molecule has 1 aliphatic rings. The molecule has 0 aromatic heterocycles. The zero-order valence-corrected chi connectivity index (χ0v) is 12.7. The van der Waals surface area contributed by atoms with Crippen LogP contribution in [0.4, 0.5) is 4.79 Å². The number of carbonyl (C=O) groups is 2. The summed E-state index contributed by atoms with van der Waals surface area (Å²) in [6.45, 7) is 7.91. The molecule has 19 heavy (non-hydrogen) atoms. The summed E-state index contributed by atoms with van der Waals surface area (Å²) in [6, 6.07) is -0.170. The van der Waals surface area contributed by atoms with E-state index in [-0.39, 0.29) is 30.1 Å². The average molecular weight is 292 g/mol. The first-order chi connectivity index (χ1) is 8.74. The van der Waals surface area contributed by atoms with E-state index in [4.69, 9.17) is 21.1 Å². The summed E-state index contributed by atoms with van der Waals surface area (Å²) in [6.07, 6.45) is 0.832. The van der Waals surface area contributed by atoms with Gasteiger partial charge in [0.15, 0.2) is 6.07 Å². The monoisotopic (exact) mass is 291 g/mol. The van der Waals surface area contributed by atoms with Crippen LogP contribution in [-0.2, 0) is 14.3 Å². The van der Waals surface area contributed by atoms with E-state index in [0.29, 0.717) is 19.4 Å². The van der Waals surface area contributed by atoms with Crippen LogP contribution < -0.4 is 0 Å². The smallest absolute Gasteiger partial charge is 0.410 e. The van der Waals surface area contributed by atoms with Gasteiger partial charge >= 0.3 is 12.1 Å². The van der Waals surface area contributed by atoms with Gasteiger partial charge in [-0.2, -0.15) is 0 Å². The highest BCUT2D eigenvalue weighted by Crippen LogP contribution is 2.25. The van der Waals surface area contributed by atoms with E-state index in [9.17, 15) is 9.59 Å². The number of hydrogen-bond donors (Lipinski definition) is 0. The summed E-state index contributed by atoms with van der Waals surface area (Å²) in [5.74, 6) is -0.474. The Hall–Kier alpha value is -0.970. The Balaban J connectivity index is 2.55. The standard InChI is InChI=1S/C13H22ClNO4/c1-9-7-10(11(16)18-8-14)5-6-15(9)12(17)19-13(2,3)4/h9-10H,5-8H2,1-4H3/t9-,10-/m0/s1. The molecular formula is C13H22ClNO4. The Morgan fingerprint density at radius 1 is 1.37 bits per heavy atom. The predicted molar refractivity (Wildman–Crippen MR) is 71.9 cm³/mol. The molecule has 0 N–H and O–H groups in total. The van der Waals surface area contributed by atoms with Gasteiger partial charge in [0, 0.05) is 12.6 Å². The fourth-order valence-corrected chi connectivity index (χ4v) is 2.26. The van der Waals surface area contributed by atoms with E-state index >= 15 is 0 Å². The molecular weight excluding hydrogens is 270 g/mol. The summed E-state index contributed by atoms with van der Waals surface area (Å²) in [4.78, 5) is 25.3. The molecule has 5 nitrogen and oxygen atoms in total. The second-order valence-corrected chi connectivity index (χ2v) is 6.03. The van der Waals surface area contributed by atoms with Crippen molar-refractivity contribution in [1.82, 2.24) is 4.90 Å². The molecule has 1 amide bonds. The number of hydrogen-bond acceptors (Lipinski definition) is 4. The summed E-state index contributed by atoms with van der Waals surface area (Å²) in [5.41, 5.74) is -0.509. The number of rotatable bonds is 2. The molecule has 0 spiro atoms. The number of esters is 1. The normalized spacial score (nSPS) is 23.9. The van der Waals surface area contributed by atoms with Crippen LogP contribution >= 0.6 is 11.6 Å². The van der Waals surface area contributed by atoms with E-state index in [1.807, 2.05) is 27.7 Å². The van der Waals surface area contributed by atoms with Crippen molar-refractivity contribution in [3.05, 3.63) is 0 Å². The number of nitrogens with zero attached hydrogens (tertiary/aromatic N) is 1. The van der Waals surface area contributed by atoms with E-state index < -0.39 is 5.60 Å². The fourth-order valence-electron chi connectivity index (χ4n) is 2.15. The van der Waals surface area contributed by atoms with Crippen molar-refractivity contribution in [2.24, 2.45) is 5.92 Å². The highest BCUT2D eigenvalue weighted by molar-refractivity contribution is 6.17. The lowest BCUT2D eigenvalue weighted by Gasteiger charge is -2.37. The Bertz CT molecular complexity index is 340. The van der Waals surface area contributed by atoms with Crippen LogP contribution in [0.25, 0.3) is 0 Å². The van der Waals surface area contributed by atoms with Gasteiger partial charge in [-0.3, -0.25) is 4.79 Å². The molecule has 110 valence electrons. The fraction of sp³-hybridized carbons (Fsp3) is 0.846. The third kappa shape index (κ3) is 4.90. The Labute approximate surface area is 119 Å². The molecule has 0 aromatic carbocycles. The molecule has 1 heterocycles. The largest absolute Gasteiger partial charge is 0.449 e. The van der Waals surface area contributed by atoms with Crippen molar-refractivity contribution in [2.45, 2.75) is 52.2 Å². The summed E-state index contributed by atoms with van der Waals surface area (Å²) in [7, 11) is 0. The van der Waals surface area contributed by atoms with Gasteiger partial charge in [0.05, 0.1) is 5.92 Å². The second-order valence-electron chi connectivity index (χ2n) is 5.82. The first kappa shape index (κ1) is 16.1. The number of carbonyl (C=O) groups excluding carboxylic acids is 2. The molecule has 0 saturated carbocycles. The molecule has 0 aliphatic carbocycles. The maximum Gasteiger partial charge on any atom is 0.410 e. The van der Waals surface area contributed by atoms with Crippen molar-refractivity contribution in [3.8, 4) is 0 Å². The lowest BCUT2D eigenvalue weighted by atomic mass is 9.92. The van der Waals surface area contributed by atoms with Crippen LogP contribution in [-0.4, -0.2) is 41.2 Å². The number of likely N-dealkylation sites (tertiary alicyclic amines) is 1. The maximum atomic E-state index is 12.0. The number of alkyl halides is 1. The third-order valence-corrected chi connectivity index (χ3v) is 3.14. The highest BCUT2D eigenvalue weighted by atomic mass is 35.5. The van der Waals surface area contributed by atoms with E-state index in [2.05, 4.69) is 0 Å². The molecule has 0 bridgehead atoms. The van der Waals surface area contributed by atoms with Gasteiger partial charge in [-0.15, -0.1) is 0 Å². The van der Waals surface area contributed by atoms with Crippen LogP contribution in [0, 0.1) is 5.92 Å². The highest BCUT2D eigenvalue weighted by Gasteiger charge is 2.35. The minimum absolute atomic E-state index is 0.0449. The van der Waals surface area contributed by atoms with Crippen LogP contribution in [0.15, 0.2) is 0 Å². The summed E-state index contributed by atoms with van der Waals surface area (Å²) in [5, 5.41) is 0. The molecule has 6 heteroatoms. The van der Waals surface area contributed by atoms with Gasteiger partial charge in [-0.25, -0.2) is 4.79 Å². The Kier molecular flexibility index (Phi) is 5.47. The number of piperidine rings is 1. The van der Waals surface area contributed by atoms with Crippen molar-refractivity contribution >= 4 is 23.7 Å². The molecule has 1 saturated heterocycles. The van der Waals surface area contributed by atoms with Crippen molar-refractivity contribution in [1.29, 1.82) is 0 Å². The lowest BCUT2D eigenvalue weighted by Crippen LogP contribution is -2.48. The molecule has 0 aromatic rings. The molecule has 1 aliphatic heterocycles. The molecule has 2 atom stereocenters. The quantitative estimate of drug-likeness (QED) is 0.580. The molecule has 0 radical (unpaired) electrons. The molecule has 1 rings (SSSR count). The maximum absolute atomic E-state index is 12.0. The lowest BCUT2D eigenvalue weighted by molar-refractivity contribution is -0.148. The van der Waals surface area contributed by atoms with Gasteiger partial charge in [0.2, 0.25) is 0 Å². The minimum Gasteiger partial charge on any atom is -0.449 e. The second kappa shape index (κ2) is 6.46. The van der Waals surface area contributed by atoms with Crippen molar-refractivity contribution in [3.63, 3.8) is 0 Å². The number of halogens is 1. The first-order valence-electron chi connectivity index (χ1n) is 6.47. The minimum atomic E-state index is -0.509. The SMILES string of the molecule is C[C@H]1C[C@@H](C(=O)OCCl)CCN1C(=O)OC(C)(C)C. The average Bonchev–Trinajstić information content (AvgIpc) is 2.26. The third-order valence-electron chi connectivity index (χ3n) is 3.03. The molecule has 0 unspecified atom stereocenters. The van der Waals surface area contributed by atoms with Gasteiger partial charge in [0.1, 0.15) is 5.60 Å². The summed E-state index contributed by atoms with van der Waals surface area (Å²) < 4.78 is 10.1. The van der Waals surface area contributed by atoms with E-state index in [1.54, 1.807) is 4.90 Å². The van der Waals surface area contributed by atoms with Crippen LogP contribution in [0.1, 0.15) is 40.5 Å². The first-order valence-corrected chi connectivity index (χ1v) is 7.00. The Morgan fingerprint density at radius 3 is 2.47 bits per heavy atom.